The van der Waals surface area contributed by atoms with Crippen molar-refractivity contribution in [1.29, 1.82) is 0 Å². The van der Waals surface area contributed by atoms with Crippen molar-refractivity contribution in [2.24, 2.45) is 5.92 Å². The van der Waals surface area contributed by atoms with Crippen molar-refractivity contribution in [3.05, 3.63) is 0 Å². The number of carbonyl (C=O) groups excluding carboxylic acids is 2. The van der Waals surface area contributed by atoms with Gasteiger partial charge in [-0.25, -0.2) is 0 Å². The quantitative estimate of drug-likeness (QED) is 0.0389. The Morgan fingerprint density at radius 2 is 0.871 bits per heavy atom. The third-order valence-electron chi connectivity index (χ3n) is 18.8. The average Bonchev–Trinajstić information content (AvgIpc) is 0.804. The number of aliphatic hydroxyl groups is 14. The summed E-state index contributed by atoms with van der Waals surface area (Å²) in [6, 6.07) is -2.93. The van der Waals surface area contributed by atoms with Crippen LogP contribution in [-0.2, 0) is 47.5 Å². The molecule has 0 aromatic carbocycles. The smallest absolute Gasteiger partial charge is 0.249 e. The lowest BCUT2D eigenvalue weighted by atomic mass is 9.95. The average molecular weight is 1340 g/mol. The number of hydrogen-bond donors (Lipinski definition) is 16. The molecular weight excluding hydrogens is 1220 g/mol. The van der Waals surface area contributed by atoms with Gasteiger partial charge in [0.25, 0.3) is 0 Å². The summed E-state index contributed by atoms with van der Waals surface area (Å²) >= 11 is 0. The lowest BCUT2D eigenvalue weighted by Gasteiger charge is -2.48. The van der Waals surface area contributed by atoms with Gasteiger partial charge >= 0.3 is 0 Å². The molecule has 548 valence electrons. The third kappa shape index (κ3) is 29.0. The standard InChI is InChI=1S/C67H126N2O24/c1-6-7-8-9-10-11-12-13-14-15-16-17-18-19-20-23-27-30-33-36-46(74)63(85)69-44(52(76)45(73)35-32-29-26-24-21-22-25-28-31-34-41(2)3)39-86-67-62(58(82)53(77)47(37-70)90-67)93-66-60(84)57(81)54(78)49(91-66)40-87-64-50(68-43(5)72)61(55(79)48(38-71)89-64)92-65-59(83)56(80)51(75)42(4)88-65/h41-42,44-62,64-67,70-71,73-84H,6-40H2,1-5H3,(H,68,72)(H,69,85). The largest absolute Gasteiger partial charge is 0.394 e. The summed E-state index contributed by atoms with van der Waals surface area (Å²) in [5, 5.41) is 159. The molecule has 0 aromatic heterocycles. The Hall–Kier alpha value is -1.94. The van der Waals surface area contributed by atoms with Crippen LogP contribution in [-0.4, -0.2) is 257 Å². The summed E-state index contributed by atoms with van der Waals surface area (Å²) in [5.41, 5.74) is 0. The van der Waals surface area contributed by atoms with Crippen LogP contribution in [0, 0.1) is 5.92 Å². The van der Waals surface area contributed by atoms with E-state index in [1.807, 2.05) is 0 Å². The van der Waals surface area contributed by atoms with Crippen molar-refractivity contribution in [1.82, 2.24) is 10.6 Å². The second-order valence-electron chi connectivity index (χ2n) is 27.2. The molecule has 24 unspecified atom stereocenters. The van der Waals surface area contributed by atoms with E-state index in [-0.39, 0.29) is 12.8 Å². The van der Waals surface area contributed by atoms with Gasteiger partial charge in [-0.1, -0.05) is 207 Å². The molecule has 0 radical (unpaired) electrons. The number of ether oxygens (including phenoxy) is 8. The van der Waals surface area contributed by atoms with Crippen molar-refractivity contribution < 1.29 is 119 Å². The highest BCUT2D eigenvalue weighted by Crippen LogP contribution is 2.34. The van der Waals surface area contributed by atoms with E-state index in [4.69, 9.17) is 37.9 Å². The zero-order valence-electron chi connectivity index (χ0n) is 56.5. The van der Waals surface area contributed by atoms with E-state index in [0.717, 1.165) is 64.7 Å². The predicted molar refractivity (Wildman–Crippen MR) is 341 cm³/mol. The highest BCUT2D eigenvalue weighted by Gasteiger charge is 2.54. The zero-order valence-corrected chi connectivity index (χ0v) is 56.5. The fourth-order valence-corrected chi connectivity index (χ4v) is 12.7. The molecule has 0 bridgehead atoms. The molecule has 16 N–H and O–H groups in total. The van der Waals surface area contributed by atoms with Crippen LogP contribution in [0.4, 0.5) is 0 Å². The monoisotopic (exact) mass is 1340 g/mol. The van der Waals surface area contributed by atoms with Gasteiger partial charge in [-0.2, -0.15) is 0 Å². The van der Waals surface area contributed by atoms with E-state index in [1.54, 1.807) is 0 Å². The lowest BCUT2D eigenvalue weighted by Crippen LogP contribution is -2.68. The first-order chi connectivity index (χ1) is 44.6. The fourth-order valence-electron chi connectivity index (χ4n) is 12.7. The molecule has 0 saturated carbocycles. The second-order valence-corrected chi connectivity index (χ2v) is 27.2. The normalized spacial score (nSPS) is 33.1. The molecule has 4 fully saturated rings. The maximum absolute atomic E-state index is 13.7. The molecule has 0 aromatic rings. The molecule has 0 spiro atoms. The summed E-state index contributed by atoms with van der Waals surface area (Å²) < 4.78 is 47.1. The third-order valence-corrected chi connectivity index (χ3v) is 18.8. The molecule has 4 saturated heterocycles. The molecule has 4 aliphatic rings. The maximum atomic E-state index is 13.7. The molecule has 24 atom stereocenters. The van der Waals surface area contributed by atoms with Gasteiger partial charge in [0, 0.05) is 6.92 Å². The van der Waals surface area contributed by atoms with E-state index in [0.29, 0.717) is 18.8 Å². The van der Waals surface area contributed by atoms with Gasteiger partial charge in [0.05, 0.1) is 44.7 Å². The number of rotatable bonds is 49. The summed E-state index contributed by atoms with van der Waals surface area (Å²) in [4.78, 5) is 26.3. The number of aliphatic hydroxyl groups excluding tert-OH is 14. The van der Waals surface area contributed by atoms with Crippen molar-refractivity contribution in [2.75, 3.05) is 26.4 Å². The van der Waals surface area contributed by atoms with Crippen LogP contribution >= 0.6 is 0 Å². The van der Waals surface area contributed by atoms with Gasteiger partial charge in [-0.3, -0.25) is 9.59 Å². The van der Waals surface area contributed by atoms with Crippen LogP contribution in [0.15, 0.2) is 0 Å². The minimum Gasteiger partial charge on any atom is -0.394 e. The first kappa shape index (κ1) is 83.5. The first-order valence-electron chi connectivity index (χ1n) is 35.7. The van der Waals surface area contributed by atoms with E-state index < -0.39 is 185 Å². The number of nitrogens with one attached hydrogen (secondary N) is 2. The van der Waals surface area contributed by atoms with Crippen LogP contribution in [0.5, 0.6) is 0 Å². The second kappa shape index (κ2) is 46.4. The van der Waals surface area contributed by atoms with Crippen LogP contribution in [0.2, 0.25) is 0 Å². The Kier molecular flexibility index (Phi) is 41.7. The van der Waals surface area contributed by atoms with Crippen LogP contribution in [0.3, 0.4) is 0 Å². The Morgan fingerprint density at radius 3 is 1.37 bits per heavy atom. The van der Waals surface area contributed by atoms with Gasteiger partial charge < -0.3 is 120 Å². The Balaban J connectivity index is 1.40. The maximum Gasteiger partial charge on any atom is 0.249 e. The Labute approximate surface area is 552 Å². The Bertz CT molecular complexity index is 1940. The van der Waals surface area contributed by atoms with Crippen molar-refractivity contribution in [3.8, 4) is 0 Å². The van der Waals surface area contributed by atoms with E-state index in [9.17, 15) is 81.1 Å². The van der Waals surface area contributed by atoms with Crippen molar-refractivity contribution >= 4 is 11.8 Å². The van der Waals surface area contributed by atoms with Gasteiger partial charge in [-0.05, 0) is 25.7 Å². The highest BCUT2D eigenvalue weighted by atomic mass is 16.8. The molecular formula is C67H126N2O24. The molecule has 26 heteroatoms. The molecule has 26 nitrogen and oxygen atoms in total. The molecule has 2 amide bonds. The minimum atomic E-state index is -2.10. The minimum absolute atomic E-state index is 0.123. The molecule has 4 rings (SSSR count). The summed E-state index contributed by atoms with van der Waals surface area (Å²) in [6.07, 6.45) is -4.51. The molecule has 93 heavy (non-hydrogen) atoms. The summed E-state index contributed by atoms with van der Waals surface area (Å²) in [7, 11) is 0. The SMILES string of the molecule is CCCCCCCCCCCCCCCCCCCCCC(O)C(=O)NC(COC1OC(CO)C(O)C(O)C1OC1OC(COC2OC(CO)C(O)C(OC3OC(C)C(O)C(O)C3O)C2NC(C)=O)C(O)C(O)C1O)C(O)C(O)CCCCCCCCCCCC(C)C. The summed E-state index contributed by atoms with van der Waals surface area (Å²) in [5.74, 6) is -0.858. The van der Waals surface area contributed by atoms with Crippen LogP contribution in [0.1, 0.15) is 234 Å². The van der Waals surface area contributed by atoms with Gasteiger partial charge in [0.1, 0.15) is 104 Å². The van der Waals surface area contributed by atoms with Crippen LogP contribution in [0.25, 0.3) is 0 Å². The highest BCUT2D eigenvalue weighted by molar-refractivity contribution is 5.80. The predicted octanol–water partition coefficient (Wildman–Crippen LogP) is 2.78. The molecule has 4 heterocycles. The van der Waals surface area contributed by atoms with Crippen molar-refractivity contribution in [2.45, 2.75) is 381 Å². The van der Waals surface area contributed by atoms with Crippen molar-refractivity contribution in [3.63, 3.8) is 0 Å². The molecule has 0 aliphatic carbocycles. The molecule has 4 aliphatic heterocycles. The number of carbonyl (C=O) groups is 2. The first-order valence-corrected chi connectivity index (χ1v) is 35.7. The van der Waals surface area contributed by atoms with E-state index >= 15 is 0 Å². The number of hydrogen-bond acceptors (Lipinski definition) is 24. The van der Waals surface area contributed by atoms with Gasteiger partial charge in [0.15, 0.2) is 25.2 Å². The van der Waals surface area contributed by atoms with E-state index in [1.165, 1.54) is 122 Å². The Morgan fingerprint density at radius 1 is 0.452 bits per heavy atom. The van der Waals surface area contributed by atoms with Gasteiger partial charge in [0.2, 0.25) is 11.8 Å². The number of amides is 2. The number of unbranched alkanes of at least 4 members (excludes halogenated alkanes) is 26. The lowest BCUT2D eigenvalue weighted by molar-refractivity contribution is -0.373. The topological polar surface area (TPSA) is 415 Å². The zero-order chi connectivity index (χ0) is 68.4. The summed E-state index contributed by atoms with van der Waals surface area (Å²) in [6.45, 7) is 6.04. The van der Waals surface area contributed by atoms with Crippen LogP contribution < -0.4 is 10.6 Å². The fraction of sp³-hybridized carbons (Fsp3) is 0.970. The van der Waals surface area contributed by atoms with Gasteiger partial charge in [-0.15, -0.1) is 0 Å². The van der Waals surface area contributed by atoms with E-state index in [2.05, 4.69) is 31.4 Å².